The molecule has 0 saturated carbocycles. The van der Waals surface area contributed by atoms with Crippen LogP contribution in [0.3, 0.4) is 0 Å². The Morgan fingerprint density at radius 3 is 2.30 bits per heavy atom. The number of carbonyl (C=O) groups is 2. The Bertz CT molecular complexity index is 984. The molecule has 0 bridgehead atoms. The third-order valence-corrected chi connectivity index (χ3v) is 6.03. The number of hydrogen-bond acceptors (Lipinski definition) is 6. The van der Waals surface area contributed by atoms with Crippen molar-refractivity contribution in [3.05, 3.63) is 52.2 Å². The molecule has 4 N–H and O–H groups in total. The van der Waals surface area contributed by atoms with Crippen LogP contribution in [0.25, 0.3) is 5.57 Å². The van der Waals surface area contributed by atoms with Crippen LogP contribution < -0.4 is 20.9 Å². The average molecular weight is 483 g/mol. The Balaban J connectivity index is 0.000000383. The number of rotatable bonds is 4. The molecular formula is C22H25F3N4O3S. The van der Waals surface area contributed by atoms with Crippen molar-refractivity contribution in [2.75, 3.05) is 49.5 Å². The Morgan fingerprint density at radius 2 is 1.73 bits per heavy atom. The number of amides is 1. The van der Waals surface area contributed by atoms with E-state index in [1.165, 1.54) is 22.5 Å². The van der Waals surface area contributed by atoms with Gasteiger partial charge in [-0.2, -0.15) is 13.2 Å². The lowest BCUT2D eigenvalue weighted by Gasteiger charge is -2.28. The molecule has 11 heteroatoms. The van der Waals surface area contributed by atoms with Crippen molar-refractivity contribution in [2.45, 2.75) is 12.6 Å². The van der Waals surface area contributed by atoms with Gasteiger partial charge in [0.15, 0.2) is 0 Å². The number of nitrogens with zero attached hydrogens (tertiary/aromatic N) is 1. The highest BCUT2D eigenvalue weighted by Gasteiger charge is 2.38. The summed E-state index contributed by atoms with van der Waals surface area (Å²) >= 11 is 1.51. The van der Waals surface area contributed by atoms with Crippen LogP contribution in [0.2, 0.25) is 0 Å². The monoisotopic (exact) mass is 482 g/mol. The third kappa shape index (κ3) is 7.31. The Kier molecular flexibility index (Phi) is 8.48. The first-order chi connectivity index (χ1) is 15.7. The first kappa shape index (κ1) is 24.7. The lowest BCUT2D eigenvalue weighted by atomic mass is 10.0. The highest BCUT2D eigenvalue weighted by molar-refractivity contribution is 7.12. The molecule has 0 spiro atoms. The van der Waals surface area contributed by atoms with Crippen molar-refractivity contribution >= 4 is 40.2 Å². The maximum atomic E-state index is 12.5. The molecule has 33 heavy (non-hydrogen) atoms. The fourth-order valence-electron chi connectivity index (χ4n) is 3.38. The molecule has 2 aliphatic heterocycles. The van der Waals surface area contributed by atoms with E-state index < -0.39 is 12.1 Å². The minimum absolute atomic E-state index is 0.0368. The second-order valence-corrected chi connectivity index (χ2v) is 8.34. The van der Waals surface area contributed by atoms with Crippen molar-refractivity contribution in [1.82, 2.24) is 10.6 Å². The van der Waals surface area contributed by atoms with Crippen molar-refractivity contribution in [2.24, 2.45) is 0 Å². The number of piperazine rings is 1. The van der Waals surface area contributed by atoms with Gasteiger partial charge in [0.25, 0.3) is 5.91 Å². The number of nitrogens with one attached hydrogen (secondary N) is 3. The quantitative estimate of drug-likeness (QED) is 0.534. The van der Waals surface area contributed by atoms with Gasteiger partial charge < -0.3 is 26.0 Å². The van der Waals surface area contributed by atoms with Crippen LogP contribution in [0.1, 0.15) is 21.7 Å². The molecule has 1 aromatic carbocycles. The lowest BCUT2D eigenvalue weighted by molar-refractivity contribution is -0.192. The van der Waals surface area contributed by atoms with Gasteiger partial charge in [-0.25, -0.2) is 4.79 Å². The molecule has 1 saturated heterocycles. The van der Waals surface area contributed by atoms with Gasteiger partial charge in [-0.1, -0.05) is 18.2 Å². The highest BCUT2D eigenvalue weighted by Crippen LogP contribution is 2.25. The Morgan fingerprint density at radius 1 is 1.06 bits per heavy atom. The van der Waals surface area contributed by atoms with Gasteiger partial charge in [0, 0.05) is 49.5 Å². The number of carbonyl (C=O) groups excluding carboxylic acids is 1. The SMILES string of the molecule is O=C(Nc1ccc(C2=CCNCC2)cc1)c1cc(N2CCNCC2)cs1.O=C(O)C(F)(F)F. The van der Waals surface area contributed by atoms with E-state index in [1.54, 1.807) is 0 Å². The summed E-state index contributed by atoms with van der Waals surface area (Å²) in [7, 11) is 0. The van der Waals surface area contributed by atoms with Crippen LogP contribution in [-0.2, 0) is 4.79 Å². The van der Waals surface area contributed by atoms with E-state index in [9.17, 15) is 18.0 Å². The molecule has 4 rings (SSSR count). The van der Waals surface area contributed by atoms with Gasteiger partial charge in [0.1, 0.15) is 0 Å². The largest absolute Gasteiger partial charge is 0.490 e. The van der Waals surface area contributed by atoms with Gasteiger partial charge in [0.05, 0.1) is 4.88 Å². The molecule has 1 amide bonds. The normalized spacial score (nSPS) is 16.3. The third-order valence-electron chi connectivity index (χ3n) is 5.11. The van der Waals surface area contributed by atoms with Gasteiger partial charge in [-0.05, 0) is 42.3 Å². The number of benzene rings is 1. The average Bonchev–Trinajstić information content (AvgIpc) is 3.31. The molecule has 0 radical (unpaired) electrons. The maximum absolute atomic E-state index is 12.5. The number of halogens is 3. The minimum atomic E-state index is -5.08. The van der Waals surface area contributed by atoms with Gasteiger partial charge in [-0.3, -0.25) is 4.79 Å². The van der Waals surface area contributed by atoms with Gasteiger partial charge in [-0.15, -0.1) is 11.3 Å². The summed E-state index contributed by atoms with van der Waals surface area (Å²) in [6.07, 6.45) is -1.80. The summed E-state index contributed by atoms with van der Waals surface area (Å²) in [6, 6.07) is 10.2. The number of aliphatic carboxylic acids is 1. The van der Waals surface area contributed by atoms with E-state index in [4.69, 9.17) is 9.90 Å². The van der Waals surface area contributed by atoms with Gasteiger partial charge >= 0.3 is 12.1 Å². The number of carboxylic acid groups (broad SMARTS) is 1. The van der Waals surface area contributed by atoms with Crippen LogP contribution in [0, 0.1) is 0 Å². The zero-order chi connectivity index (χ0) is 23.8. The number of alkyl halides is 3. The maximum Gasteiger partial charge on any atom is 0.490 e. The molecule has 7 nitrogen and oxygen atoms in total. The molecule has 0 atom stereocenters. The van der Waals surface area contributed by atoms with E-state index in [0.29, 0.717) is 0 Å². The van der Waals surface area contributed by atoms with E-state index in [2.05, 4.69) is 44.4 Å². The highest BCUT2D eigenvalue weighted by atomic mass is 32.1. The Labute approximate surface area is 193 Å². The molecule has 1 fully saturated rings. The number of thiophene rings is 1. The summed E-state index contributed by atoms with van der Waals surface area (Å²) < 4.78 is 31.7. The summed E-state index contributed by atoms with van der Waals surface area (Å²) in [6.45, 7) is 5.93. The summed E-state index contributed by atoms with van der Waals surface area (Å²) in [4.78, 5) is 24.5. The van der Waals surface area contributed by atoms with Crippen LogP contribution in [-0.4, -0.2) is 62.4 Å². The fourth-order valence-corrected chi connectivity index (χ4v) is 4.19. The molecule has 0 unspecified atom stereocenters. The molecule has 178 valence electrons. The van der Waals surface area contributed by atoms with Crippen molar-refractivity contribution in [1.29, 1.82) is 0 Å². The predicted octanol–water partition coefficient (Wildman–Crippen LogP) is 3.42. The summed E-state index contributed by atoms with van der Waals surface area (Å²) in [5.41, 5.74) is 4.60. The van der Waals surface area contributed by atoms with E-state index in [1.807, 2.05) is 18.2 Å². The van der Waals surface area contributed by atoms with Crippen LogP contribution in [0.4, 0.5) is 24.5 Å². The van der Waals surface area contributed by atoms with Crippen LogP contribution >= 0.6 is 11.3 Å². The number of anilines is 2. The van der Waals surface area contributed by atoms with Crippen LogP contribution in [0.5, 0.6) is 0 Å². The standard InChI is InChI=1S/C20H24N4OS.C2HF3O2/c25-20(19-13-18(14-26-19)24-11-9-22-10-12-24)23-17-3-1-15(2-4-17)16-5-7-21-8-6-16;3-2(4,5)1(6)7/h1-5,13-14,21-22H,6-12H2,(H,23,25);(H,6,7). The lowest BCUT2D eigenvalue weighted by Crippen LogP contribution is -2.43. The predicted molar refractivity (Wildman–Crippen MR) is 123 cm³/mol. The number of carboxylic acids is 1. The smallest absolute Gasteiger partial charge is 0.475 e. The molecule has 2 aliphatic rings. The van der Waals surface area contributed by atoms with E-state index >= 15 is 0 Å². The van der Waals surface area contributed by atoms with Crippen molar-refractivity contribution in [3.63, 3.8) is 0 Å². The Hall–Kier alpha value is -2.89. The van der Waals surface area contributed by atoms with Crippen molar-refractivity contribution in [3.8, 4) is 0 Å². The molecular weight excluding hydrogens is 457 g/mol. The zero-order valence-electron chi connectivity index (χ0n) is 17.7. The molecule has 1 aromatic heterocycles. The van der Waals surface area contributed by atoms with Crippen molar-refractivity contribution < 1.29 is 27.9 Å². The van der Waals surface area contributed by atoms with Crippen LogP contribution in [0.15, 0.2) is 41.8 Å². The fraction of sp³-hybridized carbons (Fsp3) is 0.364. The first-order valence-corrected chi connectivity index (χ1v) is 11.3. The summed E-state index contributed by atoms with van der Waals surface area (Å²) in [5, 5.41) is 18.9. The second-order valence-electron chi connectivity index (χ2n) is 7.42. The molecule has 2 aromatic rings. The summed E-state index contributed by atoms with van der Waals surface area (Å²) in [5.74, 6) is -2.79. The van der Waals surface area contributed by atoms with E-state index in [0.717, 1.165) is 61.9 Å². The van der Waals surface area contributed by atoms with Gasteiger partial charge in [0.2, 0.25) is 0 Å². The zero-order valence-corrected chi connectivity index (χ0v) is 18.6. The second kappa shape index (κ2) is 11.3. The molecule has 3 heterocycles. The number of hydrogen-bond donors (Lipinski definition) is 4. The molecule has 0 aliphatic carbocycles. The first-order valence-electron chi connectivity index (χ1n) is 10.4. The minimum Gasteiger partial charge on any atom is -0.475 e. The van der Waals surface area contributed by atoms with E-state index in [-0.39, 0.29) is 5.91 Å². The topological polar surface area (TPSA) is 93.7 Å².